The number of fused-ring (bicyclic) bond motifs is 1. The molecule has 7 heteroatoms. The topological polar surface area (TPSA) is 34.4 Å². The Kier molecular flexibility index (Phi) is 7.09. The van der Waals surface area contributed by atoms with E-state index < -0.39 is 5.82 Å². The Hall–Kier alpha value is -1.32. The number of aromatic nitrogens is 1. The molecule has 0 aliphatic rings. The van der Waals surface area contributed by atoms with E-state index in [0.717, 1.165) is 0 Å². The van der Waals surface area contributed by atoms with Gasteiger partial charge in [-0.3, -0.25) is 3.97 Å². The van der Waals surface area contributed by atoms with Crippen molar-refractivity contribution in [2.45, 2.75) is 27.4 Å². The zero-order chi connectivity index (χ0) is 18.6. The zero-order valence-corrected chi connectivity index (χ0v) is 17.0. The van der Waals surface area contributed by atoms with Crippen LogP contribution in [0.2, 0.25) is 0 Å². The summed E-state index contributed by atoms with van der Waals surface area (Å²) in [6.07, 6.45) is 1.80. The molecule has 0 aliphatic heterocycles. The molecule has 0 saturated heterocycles. The zero-order valence-electron chi connectivity index (χ0n) is 14.0. The van der Waals surface area contributed by atoms with Gasteiger partial charge in [0, 0.05) is 53.5 Å². The number of nitrogens with zero attached hydrogens (tertiary/aromatic N) is 1. The van der Waals surface area contributed by atoms with Gasteiger partial charge in [0.1, 0.15) is 11.6 Å². The van der Waals surface area contributed by atoms with Crippen molar-refractivity contribution in [1.29, 1.82) is 0 Å². The maximum atomic E-state index is 14.5. The maximum Gasteiger partial charge on any atom is 0.169 e. The van der Waals surface area contributed by atoms with Gasteiger partial charge in [-0.1, -0.05) is 13.8 Å². The highest BCUT2D eigenvalue weighted by Gasteiger charge is 2.18. The lowest BCUT2D eigenvalue weighted by Crippen LogP contribution is -1.98. The Morgan fingerprint density at radius 2 is 1.88 bits per heavy atom. The van der Waals surface area contributed by atoms with Crippen LogP contribution in [0.1, 0.15) is 25.0 Å². The summed E-state index contributed by atoms with van der Waals surface area (Å²) in [4.78, 5) is 0. The van der Waals surface area contributed by atoms with Gasteiger partial charge in [0.15, 0.2) is 11.6 Å². The minimum atomic E-state index is -0.575. The van der Waals surface area contributed by atoms with Crippen molar-refractivity contribution in [2.24, 2.45) is 0 Å². The van der Waals surface area contributed by atoms with Crippen molar-refractivity contribution in [3.8, 4) is 11.5 Å². The van der Waals surface area contributed by atoms with Gasteiger partial charge in [-0.05, 0) is 36.8 Å². The second-order valence-electron chi connectivity index (χ2n) is 4.98. The van der Waals surface area contributed by atoms with E-state index in [2.05, 4.69) is 21.2 Å². The second-order valence-corrected chi connectivity index (χ2v) is 6.69. The van der Waals surface area contributed by atoms with E-state index in [1.54, 1.807) is 23.2 Å². The van der Waals surface area contributed by atoms with Crippen LogP contribution in [-0.2, 0) is 6.61 Å². The number of aryl methyl sites for hydroxylation is 1. The molecule has 1 N–H and O–H groups in total. The van der Waals surface area contributed by atoms with E-state index in [-0.39, 0.29) is 18.2 Å². The molecule has 0 atom stereocenters. The molecule has 0 unspecified atom stereocenters. The lowest BCUT2D eigenvalue weighted by atomic mass is 10.1. The van der Waals surface area contributed by atoms with E-state index in [9.17, 15) is 13.9 Å². The number of benzene rings is 2. The summed E-state index contributed by atoms with van der Waals surface area (Å²) in [5, 5.41) is 10.4. The number of hydrogen-bond donors (Lipinski definition) is 1. The van der Waals surface area contributed by atoms with E-state index in [1.807, 2.05) is 13.8 Å². The van der Waals surface area contributed by atoms with Crippen LogP contribution in [0.25, 0.3) is 10.9 Å². The average molecular weight is 477 g/mol. The molecule has 1 aromatic heterocycles. The molecule has 0 amide bonds. The molecule has 25 heavy (non-hydrogen) atoms. The monoisotopic (exact) mass is 477 g/mol. The van der Waals surface area contributed by atoms with Crippen molar-refractivity contribution >= 4 is 41.2 Å². The van der Waals surface area contributed by atoms with Gasteiger partial charge in [0.05, 0.1) is 12.1 Å². The molecule has 0 fully saturated rings. The van der Waals surface area contributed by atoms with Crippen LogP contribution in [0.3, 0.4) is 0 Å². The predicted molar refractivity (Wildman–Crippen MR) is 107 cm³/mol. The molecule has 3 aromatic rings. The number of halogens is 3. The van der Waals surface area contributed by atoms with Crippen LogP contribution in [0.4, 0.5) is 8.78 Å². The van der Waals surface area contributed by atoms with Crippen molar-refractivity contribution in [1.82, 2.24) is 3.97 Å². The molecule has 3 nitrogen and oxygen atoms in total. The van der Waals surface area contributed by atoms with E-state index in [4.69, 9.17) is 4.74 Å². The molecule has 0 radical (unpaired) electrons. The standard InChI is InChI=1S/C16H12F2INO2S.C2H6/c1-9-6-10(2-3-13(9)17)22-16-12(8-21)11-4-5-20(23-19)15(11)7-14(16)18;1-2/h2-7,21H,8H2,1H3;1-2H3. The van der Waals surface area contributed by atoms with Crippen molar-refractivity contribution in [2.75, 3.05) is 0 Å². The number of aliphatic hydroxyl groups excluding tert-OH is 1. The fourth-order valence-electron chi connectivity index (χ4n) is 2.40. The van der Waals surface area contributed by atoms with Crippen LogP contribution in [0.5, 0.6) is 11.5 Å². The van der Waals surface area contributed by atoms with Gasteiger partial charge in [-0.15, -0.1) is 0 Å². The van der Waals surface area contributed by atoms with Crippen molar-refractivity contribution in [3.63, 3.8) is 0 Å². The summed E-state index contributed by atoms with van der Waals surface area (Å²) in [6.45, 7) is 5.24. The molecular formula is C18H18F2INO2S. The van der Waals surface area contributed by atoms with Gasteiger partial charge in [0.2, 0.25) is 0 Å². The molecule has 0 bridgehead atoms. The maximum absolute atomic E-state index is 14.5. The number of rotatable bonds is 4. The summed E-state index contributed by atoms with van der Waals surface area (Å²) in [5.41, 5.74) is 1.43. The first-order chi connectivity index (χ1) is 12.0. The summed E-state index contributed by atoms with van der Waals surface area (Å²) in [6, 6.07) is 7.36. The normalized spacial score (nSPS) is 10.5. The third kappa shape index (κ3) is 4.09. The molecule has 134 valence electrons. The van der Waals surface area contributed by atoms with Crippen LogP contribution >= 0.6 is 30.3 Å². The Morgan fingerprint density at radius 1 is 1.16 bits per heavy atom. The highest BCUT2D eigenvalue weighted by molar-refractivity contribution is 14.2. The fraction of sp³-hybridized carbons (Fsp3) is 0.222. The van der Waals surface area contributed by atoms with E-state index in [1.165, 1.54) is 33.4 Å². The fourth-order valence-corrected chi connectivity index (χ4v) is 3.76. The number of ether oxygens (including phenoxy) is 1. The lowest BCUT2D eigenvalue weighted by molar-refractivity contribution is 0.276. The van der Waals surface area contributed by atoms with E-state index in [0.29, 0.717) is 27.8 Å². The van der Waals surface area contributed by atoms with Crippen LogP contribution in [-0.4, -0.2) is 9.08 Å². The van der Waals surface area contributed by atoms with Crippen molar-refractivity contribution < 1.29 is 18.6 Å². The summed E-state index contributed by atoms with van der Waals surface area (Å²) in [7, 11) is 1.40. The van der Waals surface area contributed by atoms with Crippen molar-refractivity contribution in [3.05, 3.63) is 59.3 Å². The SMILES string of the molecule is CC.Cc1cc(Oc2c(F)cc3c(ccn3SI)c2CO)ccc1F. The number of aliphatic hydroxyl groups is 1. The molecule has 0 saturated carbocycles. The quantitative estimate of drug-likeness (QED) is 0.443. The highest BCUT2D eigenvalue weighted by Crippen LogP contribution is 2.37. The first-order valence-electron chi connectivity index (χ1n) is 7.71. The largest absolute Gasteiger partial charge is 0.454 e. The smallest absolute Gasteiger partial charge is 0.169 e. The average Bonchev–Trinajstić information content (AvgIpc) is 3.03. The third-order valence-corrected chi connectivity index (χ3v) is 5.29. The number of hydrogen-bond acceptors (Lipinski definition) is 3. The van der Waals surface area contributed by atoms with Crippen LogP contribution in [0.15, 0.2) is 36.5 Å². The van der Waals surface area contributed by atoms with E-state index >= 15 is 0 Å². The Labute approximate surface area is 161 Å². The first kappa shape index (κ1) is 20.0. The Morgan fingerprint density at radius 3 is 2.48 bits per heavy atom. The molecule has 2 aromatic carbocycles. The summed E-state index contributed by atoms with van der Waals surface area (Å²) in [5.74, 6) is -0.650. The van der Waals surface area contributed by atoms with Crippen LogP contribution in [0, 0.1) is 18.6 Å². The summed E-state index contributed by atoms with van der Waals surface area (Å²) < 4.78 is 35.2. The lowest BCUT2D eigenvalue weighted by Gasteiger charge is -2.13. The minimum Gasteiger partial charge on any atom is -0.454 e. The molecule has 0 aliphatic carbocycles. The Bertz CT molecular complexity index is 883. The molecule has 1 heterocycles. The predicted octanol–water partition coefficient (Wildman–Crippen LogP) is 6.39. The minimum absolute atomic E-state index is 0.0396. The Balaban J connectivity index is 0.00000109. The molecule has 3 rings (SSSR count). The van der Waals surface area contributed by atoms with Gasteiger partial charge < -0.3 is 9.84 Å². The first-order valence-corrected chi connectivity index (χ1v) is 11.0. The van der Waals surface area contributed by atoms with Gasteiger partial charge >= 0.3 is 0 Å². The molecular weight excluding hydrogens is 459 g/mol. The second kappa shape index (κ2) is 8.86. The highest BCUT2D eigenvalue weighted by atomic mass is 127. The van der Waals surface area contributed by atoms with Gasteiger partial charge in [0.25, 0.3) is 0 Å². The van der Waals surface area contributed by atoms with Gasteiger partial charge in [-0.2, -0.15) is 0 Å². The molecule has 0 spiro atoms. The third-order valence-electron chi connectivity index (χ3n) is 3.55. The van der Waals surface area contributed by atoms with Gasteiger partial charge in [-0.25, -0.2) is 8.78 Å². The van der Waals surface area contributed by atoms with Crippen LogP contribution < -0.4 is 4.74 Å². The summed E-state index contributed by atoms with van der Waals surface area (Å²) >= 11 is 2.10.